The van der Waals surface area contributed by atoms with Crippen LogP contribution in [0.5, 0.6) is 0 Å². The molecule has 1 rings (SSSR count). The second-order valence-corrected chi connectivity index (χ2v) is 21.4. The Balaban J connectivity index is 2.62. The number of rotatable bonds is 52. The fourth-order valence-corrected chi connectivity index (χ4v) is 9.27. The smallest absolute Gasteiger partial charge is 0.306 e. The van der Waals surface area contributed by atoms with Crippen molar-refractivity contribution in [3.8, 4) is 0 Å². The van der Waals surface area contributed by atoms with Crippen LogP contribution < -0.4 is 5.32 Å². The van der Waals surface area contributed by atoms with Crippen molar-refractivity contribution in [2.45, 2.75) is 307 Å². The van der Waals surface area contributed by atoms with E-state index >= 15 is 0 Å². The predicted molar refractivity (Wildman–Crippen MR) is 319 cm³/mol. The Kier molecular flexibility index (Phi) is 49.9. The van der Waals surface area contributed by atoms with Gasteiger partial charge in [-0.2, -0.15) is 0 Å². The molecule has 0 aromatic carbocycles. The molecule has 0 spiro atoms. The summed E-state index contributed by atoms with van der Waals surface area (Å²) in [5, 5.41) is 56.8. The van der Waals surface area contributed by atoms with Crippen molar-refractivity contribution in [1.29, 1.82) is 0 Å². The first-order chi connectivity index (χ1) is 37.7. The third-order valence-electron chi connectivity index (χ3n) is 14.3. The zero-order valence-corrected chi connectivity index (χ0v) is 49.1. The van der Waals surface area contributed by atoms with Crippen LogP contribution in [-0.4, -0.2) is 99.6 Å². The highest BCUT2D eigenvalue weighted by Crippen LogP contribution is 2.26. The Hall–Kier alpha value is -3.16. The van der Waals surface area contributed by atoms with Gasteiger partial charge in [0.05, 0.1) is 25.4 Å². The largest absolute Gasteiger partial charge is 0.454 e. The van der Waals surface area contributed by atoms with Gasteiger partial charge in [0, 0.05) is 12.8 Å². The predicted octanol–water partition coefficient (Wildman–Crippen LogP) is 14.9. The summed E-state index contributed by atoms with van der Waals surface area (Å²) in [7, 11) is 0. The van der Waals surface area contributed by atoms with Crippen molar-refractivity contribution >= 4 is 11.9 Å². The van der Waals surface area contributed by atoms with Gasteiger partial charge in [0.15, 0.2) is 12.4 Å². The second kappa shape index (κ2) is 53.5. The molecule has 1 saturated heterocycles. The Morgan fingerprint density at radius 1 is 0.506 bits per heavy atom. The van der Waals surface area contributed by atoms with Gasteiger partial charge in [-0.3, -0.25) is 9.59 Å². The molecule has 0 radical (unpaired) electrons. The van der Waals surface area contributed by atoms with Crippen LogP contribution in [0.3, 0.4) is 0 Å². The summed E-state index contributed by atoms with van der Waals surface area (Å²) in [6.45, 7) is 5.69. The molecule has 11 nitrogen and oxygen atoms in total. The van der Waals surface area contributed by atoms with Crippen LogP contribution in [-0.2, 0) is 23.8 Å². The summed E-state index contributed by atoms with van der Waals surface area (Å²) >= 11 is 0. The molecule has 1 heterocycles. The molecule has 1 aliphatic rings. The average molecular weight is 1080 g/mol. The quantitative estimate of drug-likeness (QED) is 0.0195. The standard InChI is InChI=1S/C66H115NO10/c1-4-7-10-13-16-19-22-24-25-26-27-28-29-30-31-32-33-34-35-36-39-42-45-48-51-54-61(71)77-64-63(73)62(72)60(55-68)76-66(64)75-56-57(58(69)52-49-46-43-40-37-21-18-15-12-9-6-3)67-65(74)59(70)53-50-47-44-41-38-23-20-17-14-11-8-5-2/h16,19,24-25,27-28,30-31,38,41,47,49-50,52,57-60,62-64,66,68-70,72-73H,4-15,17-18,20-23,26,29,32-37,39-40,42-46,48,51,53-56H2,1-3H3,(H,67,74)/b19-16-,25-24-,28-27-,31-30-,41-38-,50-47+,52-49+. The summed E-state index contributed by atoms with van der Waals surface area (Å²) in [4.78, 5) is 26.5. The lowest BCUT2D eigenvalue weighted by Crippen LogP contribution is -2.61. The number of carbonyl (C=O) groups excluding carboxylic acids is 2. The number of amides is 1. The summed E-state index contributed by atoms with van der Waals surface area (Å²) in [5.41, 5.74) is 0. The molecule has 77 heavy (non-hydrogen) atoms. The maximum absolute atomic E-state index is 13.3. The monoisotopic (exact) mass is 1080 g/mol. The van der Waals surface area contributed by atoms with Crippen LogP contribution in [0.1, 0.15) is 258 Å². The van der Waals surface area contributed by atoms with Crippen LogP contribution in [0.15, 0.2) is 85.1 Å². The Morgan fingerprint density at radius 2 is 0.896 bits per heavy atom. The molecule has 0 saturated carbocycles. The molecule has 11 heteroatoms. The highest BCUT2D eigenvalue weighted by molar-refractivity contribution is 5.81. The van der Waals surface area contributed by atoms with E-state index in [2.05, 4.69) is 86.8 Å². The molecular weight excluding hydrogens is 967 g/mol. The van der Waals surface area contributed by atoms with Crippen molar-refractivity contribution < 1.29 is 49.3 Å². The van der Waals surface area contributed by atoms with E-state index < -0.39 is 67.4 Å². The van der Waals surface area contributed by atoms with Gasteiger partial charge in [-0.1, -0.05) is 247 Å². The Morgan fingerprint density at radius 3 is 1.36 bits per heavy atom. The van der Waals surface area contributed by atoms with E-state index in [4.69, 9.17) is 14.2 Å². The molecule has 8 unspecified atom stereocenters. The molecular formula is C66H115NO10. The molecule has 0 bridgehead atoms. The highest BCUT2D eigenvalue weighted by atomic mass is 16.7. The number of nitrogens with one attached hydrogen (secondary N) is 1. The van der Waals surface area contributed by atoms with Gasteiger partial charge < -0.3 is 45.1 Å². The number of aliphatic hydroxyl groups excluding tert-OH is 5. The Bertz CT molecular complexity index is 1570. The van der Waals surface area contributed by atoms with Gasteiger partial charge in [0.2, 0.25) is 5.91 Å². The van der Waals surface area contributed by atoms with Gasteiger partial charge in [-0.15, -0.1) is 0 Å². The number of carbonyl (C=O) groups is 2. The fourth-order valence-electron chi connectivity index (χ4n) is 9.27. The van der Waals surface area contributed by atoms with E-state index in [1.54, 1.807) is 12.2 Å². The van der Waals surface area contributed by atoms with Crippen molar-refractivity contribution in [1.82, 2.24) is 5.32 Å². The molecule has 1 fully saturated rings. The van der Waals surface area contributed by atoms with Gasteiger partial charge in [-0.25, -0.2) is 0 Å². The van der Waals surface area contributed by atoms with Crippen LogP contribution in [0.25, 0.3) is 0 Å². The zero-order valence-electron chi connectivity index (χ0n) is 49.1. The molecule has 1 amide bonds. The van der Waals surface area contributed by atoms with Crippen molar-refractivity contribution in [2.75, 3.05) is 13.2 Å². The lowest BCUT2D eigenvalue weighted by molar-refractivity contribution is -0.305. The lowest BCUT2D eigenvalue weighted by Gasteiger charge is -2.41. The van der Waals surface area contributed by atoms with Gasteiger partial charge in [-0.05, 0) is 83.5 Å². The zero-order chi connectivity index (χ0) is 56.1. The van der Waals surface area contributed by atoms with Gasteiger partial charge in [0.25, 0.3) is 0 Å². The normalized spacial score (nSPS) is 19.6. The van der Waals surface area contributed by atoms with E-state index in [9.17, 15) is 35.1 Å². The van der Waals surface area contributed by atoms with Crippen LogP contribution in [0, 0.1) is 0 Å². The second-order valence-electron chi connectivity index (χ2n) is 21.4. The molecule has 8 atom stereocenters. The van der Waals surface area contributed by atoms with E-state index in [0.717, 1.165) is 83.5 Å². The first-order valence-electron chi connectivity index (χ1n) is 31.4. The Labute approximate surface area is 470 Å². The fraction of sp³-hybridized carbons (Fsp3) is 0.758. The molecule has 6 N–H and O–H groups in total. The van der Waals surface area contributed by atoms with Gasteiger partial charge in [0.1, 0.15) is 24.4 Å². The van der Waals surface area contributed by atoms with E-state index in [-0.39, 0.29) is 19.4 Å². The van der Waals surface area contributed by atoms with E-state index in [1.807, 2.05) is 12.2 Å². The number of hydrogen-bond acceptors (Lipinski definition) is 10. The number of hydrogen-bond donors (Lipinski definition) is 6. The SMILES string of the molecule is CCCCC/C=C\C/C=C\C/C=C\C/C=C\CCCCCCCCCCCC(=O)OC1C(OCC(NC(=O)C(O)C/C=C/C/C=C\CCCCCCCC)C(O)/C=C/CCCCCCCCCCC)OC(CO)C(O)C1O. The number of aliphatic hydroxyl groups is 5. The molecule has 444 valence electrons. The van der Waals surface area contributed by atoms with Crippen LogP contribution >= 0.6 is 0 Å². The number of unbranched alkanes of at least 4 members (excludes halogenated alkanes) is 27. The van der Waals surface area contributed by atoms with Crippen molar-refractivity contribution in [3.05, 3.63) is 85.1 Å². The number of allylic oxidation sites excluding steroid dienone is 12. The number of ether oxygens (including phenoxy) is 3. The molecule has 0 aromatic rings. The van der Waals surface area contributed by atoms with E-state index in [0.29, 0.717) is 12.8 Å². The molecule has 0 aromatic heterocycles. The van der Waals surface area contributed by atoms with Crippen molar-refractivity contribution in [3.63, 3.8) is 0 Å². The summed E-state index contributed by atoms with van der Waals surface area (Å²) in [6, 6.07) is -1.06. The number of esters is 1. The maximum Gasteiger partial charge on any atom is 0.306 e. The summed E-state index contributed by atoms with van der Waals surface area (Å²) < 4.78 is 17.6. The minimum atomic E-state index is -1.63. The highest BCUT2D eigenvalue weighted by Gasteiger charge is 2.47. The lowest BCUT2D eigenvalue weighted by atomic mass is 9.99. The summed E-state index contributed by atoms with van der Waals surface area (Å²) in [5.74, 6) is -1.28. The summed E-state index contributed by atoms with van der Waals surface area (Å²) in [6.07, 6.45) is 59.4. The van der Waals surface area contributed by atoms with Crippen LogP contribution in [0.4, 0.5) is 0 Å². The first-order valence-corrected chi connectivity index (χ1v) is 31.4. The molecule has 1 aliphatic heterocycles. The third-order valence-corrected chi connectivity index (χ3v) is 14.3. The van der Waals surface area contributed by atoms with E-state index in [1.165, 1.54) is 128 Å². The van der Waals surface area contributed by atoms with Crippen LogP contribution in [0.2, 0.25) is 0 Å². The maximum atomic E-state index is 13.3. The first kappa shape index (κ1) is 71.9. The van der Waals surface area contributed by atoms with Gasteiger partial charge >= 0.3 is 5.97 Å². The third kappa shape index (κ3) is 41.5. The topological polar surface area (TPSA) is 175 Å². The van der Waals surface area contributed by atoms with Crippen molar-refractivity contribution in [2.24, 2.45) is 0 Å². The minimum absolute atomic E-state index is 0.0789. The average Bonchev–Trinajstić information content (AvgIpc) is 3.43. The molecule has 0 aliphatic carbocycles. The minimum Gasteiger partial charge on any atom is -0.454 e.